The molecule has 2 rings (SSSR count). The molecule has 0 saturated carbocycles. The van der Waals surface area contributed by atoms with Crippen LogP contribution >= 0.6 is 0 Å². The molecule has 0 aliphatic heterocycles. The Morgan fingerprint density at radius 3 is 2.70 bits per heavy atom. The van der Waals surface area contributed by atoms with Crippen LogP contribution in [0.15, 0.2) is 22.6 Å². The van der Waals surface area contributed by atoms with Gasteiger partial charge in [0, 0.05) is 11.5 Å². The first-order valence-electron chi connectivity index (χ1n) is 5.85. The van der Waals surface area contributed by atoms with Crippen molar-refractivity contribution in [2.75, 3.05) is 6.61 Å². The fourth-order valence-corrected chi connectivity index (χ4v) is 1.95. The molecular formula is C13H11NO6. The standard InChI is InChI=1S/C13H11NO6/c1-3-19-13(16)11(15)10-7(2)20-12-8(10)5-4-6-9(12)14(17)18/h4-6H,3H2,1-2H3. The summed E-state index contributed by atoms with van der Waals surface area (Å²) < 4.78 is 9.92. The summed E-state index contributed by atoms with van der Waals surface area (Å²) in [6.07, 6.45) is 0. The second-order valence-electron chi connectivity index (χ2n) is 3.99. The van der Waals surface area contributed by atoms with Gasteiger partial charge in [-0.05, 0) is 19.9 Å². The number of nitro groups is 1. The summed E-state index contributed by atoms with van der Waals surface area (Å²) in [5, 5.41) is 11.1. The number of carbonyl (C=O) groups excluding carboxylic acids is 2. The molecule has 0 fully saturated rings. The zero-order valence-electron chi connectivity index (χ0n) is 10.8. The number of aryl methyl sites for hydroxylation is 1. The van der Waals surface area contributed by atoms with Crippen molar-refractivity contribution in [3.63, 3.8) is 0 Å². The largest absolute Gasteiger partial charge is 0.460 e. The first kappa shape index (κ1) is 13.7. The molecule has 0 unspecified atom stereocenters. The summed E-state index contributed by atoms with van der Waals surface area (Å²) >= 11 is 0. The Morgan fingerprint density at radius 1 is 1.40 bits per heavy atom. The second kappa shape index (κ2) is 5.12. The number of esters is 1. The molecule has 1 aromatic heterocycles. The molecule has 0 bridgehead atoms. The van der Waals surface area contributed by atoms with Gasteiger partial charge in [0.2, 0.25) is 5.58 Å². The zero-order chi connectivity index (χ0) is 14.9. The molecule has 0 amide bonds. The molecule has 0 N–H and O–H groups in total. The van der Waals surface area contributed by atoms with Crippen molar-refractivity contribution in [3.05, 3.63) is 39.6 Å². The van der Waals surface area contributed by atoms with Gasteiger partial charge in [-0.2, -0.15) is 0 Å². The van der Waals surface area contributed by atoms with Crippen molar-refractivity contribution in [2.45, 2.75) is 13.8 Å². The maximum atomic E-state index is 12.0. The van der Waals surface area contributed by atoms with Gasteiger partial charge >= 0.3 is 11.7 Å². The Labute approximate surface area is 113 Å². The molecule has 0 atom stereocenters. The molecule has 0 aliphatic rings. The molecule has 7 heteroatoms. The fourth-order valence-electron chi connectivity index (χ4n) is 1.95. The first-order valence-corrected chi connectivity index (χ1v) is 5.85. The molecule has 2 aromatic rings. The van der Waals surface area contributed by atoms with Gasteiger partial charge in [0.05, 0.1) is 17.1 Å². The number of ether oxygens (including phenoxy) is 1. The van der Waals surface area contributed by atoms with Crippen molar-refractivity contribution in [2.24, 2.45) is 0 Å². The highest BCUT2D eigenvalue weighted by molar-refractivity contribution is 6.43. The minimum absolute atomic E-state index is 0.00199. The lowest BCUT2D eigenvalue weighted by molar-refractivity contribution is -0.383. The predicted molar refractivity (Wildman–Crippen MR) is 68.6 cm³/mol. The zero-order valence-corrected chi connectivity index (χ0v) is 10.8. The van der Waals surface area contributed by atoms with Crippen molar-refractivity contribution >= 4 is 28.4 Å². The van der Waals surface area contributed by atoms with Gasteiger partial charge in [0.15, 0.2) is 0 Å². The summed E-state index contributed by atoms with van der Waals surface area (Å²) in [6.45, 7) is 3.12. The molecule has 1 heterocycles. The first-order chi connectivity index (χ1) is 9.47. The predicted octanol–water partition coefficient (Wildman–Crippen LogP) is 2.40. The molecule has 20 heavy (non-hydrogen) atoms. The number of Topliss-reactive ketones (excluding diaryl/α,β-unsaturated/α-hetero) is 1. The van der Waals surface area contributed by atoms with Crippen LogP contribution in [0.1, 0.15) is 23.0 Å². The van der Waals surface area contributed by atoms with Crippen LogP contribution in [0.3, 0.4) is 0 Å². The Morgan fingerprint density at radius 2 is 2.10 bits per heavy atom. The van der Waals surface area contributed by atoms with E-state index in [9.17, 15) is 19.7 Å². The maximum absolute atomic E-state index is 12.0. The highest BCUT2D eigenvalue weighted by Gasteiger charge is 2.28. The minimum Gasteiger partial charge on any atom is -0.460 e. The van der Waals surface area contributed by atoms with Gasteiger partial charge in [-0.3, -0.25) is 14.9 Å². The quantitative estimate of drug-likeness (QED) is 0.279. The summed E-state index contributed by atoms with van der Waals surface area (Å²) in [5.41, 5.74) is -0.279. The van der Waals surface area contributed by atoms with Gasteiger partial charge < -0.3 is 9.15 Å². The van der Waals surface area contributed by atoms with E-state index in [0.29, 0.717) is 0 Å². The highest BCUT2D eigenvalue weighted by atomic mass is 16.6. The van der Waals surface area contributed by atoms with Gasteiger partial charge in [0.1, 0.15) is 5.76 Å². The van der Waals surface area contributed by atoms with Crippen LogP contribution in [-0.4, -0.2) is 23.3 Å². The lowest BCUT2D eigenvalue weighted by atomic mass is 10.1. The number of non-ortho nitro benzene ring substituents is 1. The molecule has 0 saturated heterocycles. The summed E-state index contributed by atoms with van der Waals surface area (Å²) in [7, 11) is 0. The van der Waals surface area contributed by atoms with Crippen molar-refractivity contribution in [1.82, 2.24) is 0 Å². The second-order valence-corrected chi connectivity index (χ2v) is 3.99. The number of carbonyl (C=O) groups is 2. The number of para-hydroxylation sites is 1. The third-order valence-electron chi connectivity index (χ3n) is 2.76. The summed E-state index contributed by atoms with van der Waals surface area (Å²) in [5.74, 6) is -1.74. The smallest absolute Gasteiger partial charge is 0.379 e. The molecule has 1 aromatic carbocycles. The van der Waals surface area contributed by atoms with Gasteiger partial charge in [-0.25, -0.2) is 4.79 Å². The normalized spacial score (nSPS) is 10.5. The average molecular weight is 277 g/mol. The molecule has 0 spiro atoms. The lowest BCUT2D eigenvalue weighted by Gasteiger charge is -2.00. The molecule has 0 aliphatic carbocycles. The van der Waals surface area contributed by atoms with E-state index in [1.165, 1.54) is 25.1 Å². The van der Waals surface area contributed by atoms with E-state index in [4.69, 9.17) is 4.42 Å². The molecule has 0 radical (unpaired) electrons. The van der Waals surface area contributed by atoms with Crippen LogP contribution in [0.5, 0.6) is 0 Å². The SMILES string of the molecule is CCOC(=O)C(=O)c1c(C)oc2c([N+](=O)[O-])cccc12. The number of rotatable bonds is 4. The number of ketones is 1. The molecule has 104 valence electrons. The van der Waals surface area contributed by atoms with E-state index in [2.05, 4.69) is 4.74 Å². The monoisotopic (exact) mass is 277 g/mol. The lowest BCUT2D eigenvalue weighted by Crippen LogP contribution is -2.17. The summed E-state index contributed by atoms with van der Waals surface area (Å²) in [6, 6.07) is 4.19. The molecular weight excluding hydrogens is 266 g/mol. The third-order valence-corrected chi connectivity index (χ3v) is 2.76. The van der Waals surface area contributed by atoms with E-state index in [1.807, 2.05) is 0 Å². The van der Waals surface area contributed by atoms with Gasteiger partial charge in [-0.15, -0.1) is 0 Å². The van der Waals surface area contributed by atoms with Crippen LogP contribution < -0.4 is 0 Å². The summed E-state index contributed by atoms with van der Waals surface area (Å²) in [4.78, 5) is 33.8. The van der Waals surface area contributed by atoms with E-state index in [1.54, 1.807) is 6.92 Å². The number of benzene rings is 1. The van der Waals surface area contributed by atoms with E-state index >= 15 is 0 Å². The highest BCUT2D eigenvalue weighted by Crippen LogP contribution is 2.32. The number of fused-ring (bicyclic) bond motifs is 1. The van der Waals surface area contributed by atoms with E-state index in [0.717, 1.165) is 0 Å². The minimum atomic E-state index is -1.01. The van der Waals surface area contributed by atoms with Crippen LogP contribution in [-0.2, 0) is 9.53 Å². The Hall–Kier alpha value is -2.70. The topological polar surface area (TPSA) is 99.7 Å². The Balaban J connectivity index is 2.63. The van der Waals surface area contributed by atoms with Gasteiger partial charge in [-0.1, -0.05) is 6.07 Å². The van der Waals surface area contributed by atoms with Crippen LogP contribution in [0.25, 0.3) is 11.0 Å². The van der Waals surface area contributed by atoms with Crippen LogP contribution in [0.2, 0.25) is 0 Å². The Bertz CT molecular complexity index is 715. The average Bonchev–Trinajstić information content (AvgIpc) is 2.73. The number of nitro benzene ring substituents is 1. The van der Waals surface area contributed by atoms with E-state index in [-0.39, 0.29) is 34.6 Å². The fraction of sp³-hybridized carbons (Fsp3) is 0.231. The number of nitrogens with zero attached hydrogens (tertiary/aromatic N) is 1. The van der Waals surface area contributed by atoms with Crippen molar-refractivity contribution in [3.8, 4) is 0 Å². The van der Waals surface area contributed by atoms with Crippen LogP contribution in [0.4, 0.5) is 5.69 Å². The molecule has 7 nitrogen and oxygen atoms in total. The third kappa shape index (κ3) is 2.13. The maximum Gasteiger partial charge on any atom is 0.379 e. The number of hydrogen-bond acceptors (Lipinski definition) is 6. The Kier molecular flexibility index (Phi) is 3.51. The van der Waals surface area contributed by atoms with Crippen molar-refractivity contribution < 1.29 is 23.7 Å². The number of hydrogen-bond donors (Lipinski definition) is 0. The van der Waals surface area contributed by atoms with Gasteiger partial charge in [0.25, 0.3) is 5.78 Å². The van der Waals surface area contributed by atoms with E-state index < -0.39 is 16.7 Å². The van der Waals surface area contributed by atoms with Crippen molar-refractivity contribution in [1.29, 1.82) is 0 Å². The number of furan rings is 1. The van der Waals surface area contributed by atoms with Crippen LogP contribution in [0, 0.1) is 17.0 Å².